The summed E-state index contributed by atoms with van der Waals surface area (Å²) in [6.07, 6.45) is -1.08. The monoisotopic (exact) mass is 530 g/mol. The number of hydrogen-bond acceptors (Lipinski definition) is 7. The van der Waals surface area contributed by atoms with Crippen LogP contribution in [0, 0.1) is 11.3 Å². The van der Waals surface area contributed by atoms with E-state index in [1.165, 1.54) is 45.3 Å². The summed E-state index contributed by atoms with van der Waals surface area (Å²) in [4.78, 5) is 31.7. The molecule has 3 fully saturated rings. The van der Waals surface area contributed by atoms with Crippen LogP contribution in [0.3, 0.4) is 0 Å². The highest BCUT2D eigenvalue weighted by molar-refractivity contribution is 5.73. The number of carbonyl (C=O) groups is 2. The standard InChI is InChI=1S/C17H26N4O.2C2HF3O2/c1-5-17(12-20(8-1)11-15-3-4-15)13-21(9-10-22-14-17)16-18-6-2-7-19-16;2*3-2(4,5)1(6)7/h2,6-7,15H,1,3-5,8-14H2;2*(H,6,7). The van der Waals surface area contributed by atoms with Gasteiger partial charge in [0.05, 0.1) is 13.2 Å². The first kappa shape index (κ1) is 29.5. The molecule has 0 aromatic carbocycles. The Morgan fingerprint density at radius 1 is 1.00 bits per heavy atom. The predicted octanol–water partition coefficient (Wildman–Crippen LogP) is 3.07. The Hall–Kier alpha value is -2.68. The molecule has 1 aromatic rings. The van der Waals surface area contributed by atoms with Gasteiger partial charge in [0.15, 0.2) is 0 Å². The van der Waals surface area contributed by atoms with E-state index in [1.54, 1.807) is 0 Å². The molecule has 9 nitrogen and oxygen atoms in total. The fourth-order valence-corrected chi connectivity index (χ4v) is 4.00. The van der Waals surface area contributed by atoms with Crippen molar-refractivity contribution >= 4 is 17.9 Å². The lowest BCUT2D eigenvalue weighted by Gasteiger charge is -2.43. The molecule has 1 atom stereocenters. The van der Waals surface area contributed by atoms with Gasteiger partial charge in [-0.05, 0) is 44.2 Å². The van der Waals surface area contributed by atoms with Gasteiger partial charge >= 0.3 is 24.3 Å². The predicted molar refractivity (Wildman–Crippen MR) is 113 cm³/mol. The average molecular weight is 530 g/mol. The highest BCUT2D eigenvalue weighted by Gasteiger charge is 2.41. The van der Waals surface area contributed by atoms with E-state index in [0.29, 0.717) is 0 Å². The lowest BCUT2D eigenvalue weighted by molar-refractivity contribution is -0.193. The first-order valence-electron chi connectivity index (χ1n) is 11.1. The number of hydrogen-bond donors (Lipinski definition) is 2. The Kier molecular flexibility index (Phi) is 10.3. The average Bonchev–Trinajstić information content (AvgIpc) is 3.62. The van der Waals surface area contributed by atoms with Crippen molar-refractivity contribution in [1.82, 2.24) is 14.9 Å². The van der Waals surface area contributed by atoms with Crippen LogP contribution in [-0.4, -0.2) is 95.3 Å². The van der Waals surface area contributed by atoms with Crippen molar-refractivity contribution in [2.24, 2.45) is 11.3 Å². The molecule has 204 valence electrons. The highest BCUT2D eigenvalue weighted by atomic mass is 19.4. The van der Waals surface area contributed by atoms with E-state index in [-0.39, 0.29) is 5.41 Å². The zero-order valence-corrected chi connectivity index (χ0v) is 19.3. The maximum Gasteiger partial charge on any atom is 0.490 e. The minimum Gasteiger partial charge on any atom is -0.475 e. The van der Waals surface area contributed by atoms with Gasteiger partial charge in [-0.3, -0.25) is 0 Å². The Morgan fingerprint density at radius 2 is 1.56 bits per heavy atom. The molecule has 1 unspecified atom stereocenters. The van der Waals surface area contributed by atoms with E-state index in [0.717, 1.165) is 38.2 Å². The molecule has 1 aromatic heterocycles. The summed E-state index contributed by atoms with van der Waals surface area (Å²) in [5, 5.41) is 14.2. The third-order valence-corrected chi connectivity index (χ3v) is 5.71. The number of halogens is 6. The van der Waals surface area contributed by atoms with Gasteiger partial charge in [-0.25, -0.2) is 19.6 Å². The molecule has 0 radical (unpaired) electrons. The molecule has 0 bridgehead atoms. The number of likely N-dealkylation sites (tertiary alicyclic amines) is 1. The second-order valence-electron chi connectivity index (χ2n) is 8.91. The molecule has 0 amide bonds. The van der Waals surface area contributed by atoms with Crippen LogP contribution in [-0.2, 0) is 14.3 Å². The van der Waals surface area contributed by atoms with Gasteiger partial charge in [0.25, 0.3) is 0 Å². The van der Waals surface area contributed by atoms with Crippen LogP contribution in [0.5, 0.6) is 0 Å². The molecule has 1 spiro atoms. The molecule has 1 aliphatic carbocycles. The summed E-state index contributed by atoms with van der Waals surface area (Å²) < 4.78 is 69.5. The number of aromatic nitrogens is 2. The van der Waals surface area contributed by atoms with Crippen molar-refractivity contribution in [2.75, 3.05) is 50.8 Å². The largest absolute Gasteiger partial charge is 0.490 e. The van der Waals surface area contributed by atoms with Crippen molar-refractivity contribution < 1.29 is 50.9 Å². The maximum atomic E-state index is 10.6. The molecule has 4 rings (SSSR count). The van der Waals surface area contributed by atoms with Crippen LogP contribution in [0.2, 0.25) is 0 Å². The Labute approximate surface area is 203 Å². The van der Waals surface area contributed by atoms with Crippen LogP contribution < -0.4 is 4.90 Å². The fraction of sp³-hybridized carbons (Fsp3) is 0.714. The van der Waals surface area contributed by atoms with Crippen LogP contribution in [0.25, 0.3) is 0 Å². The third-order valence-electron chi connectivity index (χ3n) is 5.71. The number of carboxylic acids is 2. The fourth-order valence-electron chi connectivity index (χ4n) is 4.00. The summed E-state index contributed by atoms with van der Waals surface area (Å²) in [5.74, 6) is -3.69. The van der Waals surface area contributed by atoms with Gasteiger partial charge in [0.1, 0.15) is 0 Å². The summed E-state index contributed by atoms with van der Waals surface area (Å²) in [6.45, 7) is 7.32. The molecule has 15 heteroatoms. The second-order valence-corrected chi connectivity index (χ2v) is 8.91. The third kappa shape index (κ3) is 10.1. The Morgan fingerprint density at radius 3 is 2.06 bits per heavy atom. The van der Waals surface area contributed by atoms with E-state index in [4.69, 9.17) is 24.5 Å². The zero-order valence-electron chi connectivity index (χ0n) is 19.3. The van der Waals surface area contributed by atoms with Gasteiger partial charge in [-0.2, -0.15) is 26.3 Å². The van der Waals surface area contributed by atoms with Crippen molar-refractivity contribution in [3.05, 3.63) is 18.5 Å². The molecule has 2 N–H and O–H groups in total. The smallest absolute Gasteiger partial charge is 0.475 e. The number of aliphatic carboxylic acids is 2. The first-order valence-corrected chi connectivity index (χ1v) is 11.1. The highest BCUT2D eigenvalue weighted by Crippen LogP contribution is 2.36. The lowest BCUT2D eigenvalue weighted by atomic mass is 9.80. The van der Waals surface area contributed by atoms with Crippen LogP contribution in [0.15, 0.2) is 18.5 Å². The van der Waals surface area contributed by atoms with Crippen molar-refractivity contribution in [3.8, 4) is 0 Å². The molecule has 2 aliphatic heterocycles. The van der Waals surface area contributed by atoms with E-state index < -0.39 is 24.3 Å². The normalized spacial score (nSPS) is 23.0. The Balaban J connectivity index is 0.000000271. The quantitative estimate of drug-likeness (QED) is 0.569. The minimum atomic E-state index is -5.08. The Bertz CT molecular complexity index is 829. The molecule has 3 aliphatic rings. The molecule has 3 heterocycles. The molecule has 2 saturated heterocycles. The minimum absolute atomic E-state index is 0.253. The van der Waals surface area contributed by atoms with Crippen molar-refractivity contribution in [2.45, 2.75) is 38.0 Å². The lowest BCUT2D eigenvalue weighted by Crippen LogP contribution is -2.51. The number of anilines is 1. The van der Waals surface area contributed by atoms with Gasteiger partial charge in [0, 0.05) is 44.0 Å². The first-order chi connectivity index (χ1) is 16.7. The van der Waals surface area contributed by atoms with Crippen LogP contribution in [0.1, 0.15) is 25.7 Å². The van der Waals surface area contributed by atoms with Crippen LogP contribution >= 0.6 is 0 Å². The summed E-state index contributed by atoms with van der Waals surface area (Å²) >= 11 is 0. The molecule has 1 saturated carbocycles. The number of ether oxygens (including phenoxy) is 1. The number of carboxylic acid groups (broad SMARTS) is 2. The number of nitrogens with zero attached hydrogens (tertiary/aromatic N) is 4. The topological polar surface area (TPSA) is 116 Å². The van der Waals surface area contributed by atoms with Gasteiger partial charge in [-0.1, -0.05) is 0 Å². The van der Waals surface area contributed by atoms with Gasteiger partial charge in [0.2, 0.25) is 5.95 Å². The van der Waals surface area contributed by atoms with E-state index in [1.807, 2.05) is 18.5 Å². The number of rotatable bonds is 3. The number of alkyl halides is 6. The van der Waals surface area contributed by atoms with E-state index >= 15 is 0 Å². The zero-order chi connectivity index (χ0) is 27.0. The summed E-state index contributed by atoms with van der Waals surface area (Å²) in [5.41, 5.74) is 0.253. The summed E-state index contributed by atoms with van der Waals surface area (Å²) in [6, 6.07) is 1.88. The molecule has 36 heavy (non-hydrogen) atoms. The second kappa shape index (κ2) is 12.5. The summed E-state index contributed by atoms with van der Waals surface area (Å²) in [7, 11) is 0. The van der Waals surface area contributed by atoms with E-state index in [9.17, 15) is 26.3 Å². The van der Waals surface area contributed by atoms with Gasteiger partial charge < -0.3 is 24.7 Å². The molecular weight excluding hydrogens is 502 g/mol. The SMILES string of the molecule is O=C(O)C(F)(F)F.O=C(O)C(F)(F)F.c1cnc(N2CCOCC3(CCCN(CC4CC4)C3)C2)nc1. The maximum absolute atomic E-state index is 10.6. The van der Waals surface area contributed by atoms with Crippen LogP contribution in [0.4, 0.5) is 32.3 Å². The van der Waals surface area contributed by atoms with Gasteiger partial charge in [-0.15, -0.1) is 0 Å². The number of piperidine rings is 1. The van der Waals surface area contributed by atoms with Crippen molar-refractivity contribution in [1.29, 1.82) is 0 Å². The molecular formula is C21H28F6N4O5. The van der Waals surface area contributed by atoms with E-state index in [2.05, 4.69) is 19.8 Å². The van der Waals surface area contributed by atoms with Crippen molar-refractivity contribution in [3.63, 3.8) is 0 Å².